The van der Waals surface area contributed by atoms with Gasteiger partial charge in [0.1, 0.15) is 0 Å². The zero-order valence-corrected chi connectivity index (χ0v) is 13.9. The number of carbonyl (C=O) groups is 2. The molecule has 0 spiro atoms. The molecule has 0 saturated carbocycles. The number of aryl methyl sites for hydroxylation is 1. The van der Waals surface area contributed by atoms with Crippen LogP contribution in [0.3, 0.4) is 0 Å². The molecular weight excluding hydrogens is 318 g/mol. The van der Waals surface area contributed by atoms with Crippen molar-refractivity contribution in [2.24, 2.45) is 0 Å². The van der Waals surface area contributed by atoms with Crippen LogP contribution in [0.25, 0.3) is 5.69 Å². The molecule has 23 heavy (non-hydrogen) atoms. The SMILES string of the molecule is Cc1cc(C(=O)OCC(=O)NC(C)C)nn1-c1ccccc1Cl. The first-order valence-electron chi connectivity index (χ1n) is 7.16. The first-order chi connectivity index (χ1) is 10.9. The summed E-state index contributed by atoms with van der Waals surface area (Å²) in [4.78, 5) is 23.5. The van der Waals surface area contributed by atoms with E-state index in [0.29, 0.717) is 10.7 Å². The molecule has 7 heteroatoms. The summed E-state index contributed by atoms with van der Waals surface area (Å²) in [6.07, 6.45) is 0. The maximum atomic E-state index is 12.0. The van der Waals surface area contributed by atoms with Gasteiger partial charge in [0.25, 0.3) is 5.91 Å². The van der Waals surface area contributed by atoms with Gasteiger partial charge in [0, 0.05) is 11.7 Å². The lowest BCUT2D eigenvalue weighted by Gasteiger charge is -2.08. The number of nitrogens with zero attached hydrogens (tertiary/aromatic N) is 2. The van der Waals surface area contributed by atoms with Crippen LogP contribution in [0.15, 0.2) is 30.3 Å². The molecule has 2 aromatic rings. The summed E-state index contributed by atoms with van der Waals surface area (Å²) >= 11 is 6.14. The number of carbonyl (C=O) groups excluding carboxylic acids is 2. The lowest BCUT2D eigenvalue weighted by Crippen LogP contribution is -2.34. The van der Waals surface area contributed by atoms with Gasteiger partial charge in [0.05, 0.1) is 10.7 Å². The minimum atomic E-state index is -0.655. The van der Waals surface area contributed by atoms with Gasteiger partial charge in [-0.15, -0.1) is 0 Å². The Hall–Kier alpha value is -2.34. The van der Waals surface area contributed by atoms with Crippen LogP contribution in [0, 0.1) is 6.92 Å². The van der Waals surface area contributed by atoms with Gasteiger partial charge in [-0.3, -0.25) is 4.79 Å². The minimum absolute atomic E-state index is 0.0112. The van der Waals surface area contributed by atoms with E-state index in [1.54, 1.807) is 29.8 Å². The number of esters is 1. The Morgan fingerprint density at radius 3 is 2.70 bits per heavy atom. The molecule has 0 fully saturated rings. The molecule has 0 aliphatic heterocycles. The highest BCUT2D eigenvalue weighted by molar-refractivity contribution is 6.32. The number of nitrogens with one attached hydrogen (secondary N) is 1. The van der Waals surface area contributed by atoms with Gasteiger partial charge in [-0.1, -0.05) is 23.7 Å². The van der Waals surface area contributed by atoms with Crippen molar-refractivity contribution >= 4 is 23.5 Å². The Kier molecular flexibility index (Phi) is 5.39. The first kappa shape index (κ1) is 17.0. The van der Waals surface area contributed by atoms with Crippen LogP contribution >= 0.6 is 11.6 Å². The fourth-order valence-corrected chi connectivity index (χ4v) is 2.23. The topological polar surface area (TPSA) is 73.2 Å². The van der Waals surface area contributed by atoms with E-state index in [1.807, 2.05) is 26.0 Å². The van der Waals surface area contributed by atoms with Gasteiger partial charge in [0.2, 0.25) is 0 Å². The van der Waals surface area contributed by atoms with E-state index in [0.717, 1.165) is 5.69 Å². The zero-order chi connectivity index (χ0) is 17.0. The Morgan fingerprint density at radius 2 is 2.04 bits per heavy atom. The van der Waals surface area contributed by atoms with E-state index in [1.165, 1.54) is 0 Å². The first-order valence-corrected chi connectivity index (χ1v) is 7.54. The summed E-state index contributed by atoms with van der Waals surface area (Å²) in [5.41, 5.74) is 1.53. The summed E-state index contributed by atoms with van der Waals surface area (Å²) in [6, 6.07) is 8.76. The highest BCUT2D eigenvalue weighted by Crippen LogP contribution is 2.21. The molecule has 0 aliphatic rings. The maximum Gasteiger partial charge on any atom is 0.359 e. The molecular formula is C16H18ClN3O3. The minimum Gasteiger partial charge on any atom is -0.451 e. The van der Waals surface area contributed by atoms with Crippen molar-refractivity contribution in [2.75, 3.05) is 6.61 Å². The van der Waals surface area contributed by atoms with Crippen LogP contribution in [0.1, 0.15) is 30.0 Å². The van der Waals surface area contributed by atoms with Crippen molar-refractivity contribution in [1.29, 1.82) is 0 Å². The van der Waals surface area contributed by atoms with E-state index in [4.69, 9.17) is 16.3 Å². The van der Waals surface area contributed by atoms with Crippen molar-refractivity contribution in [3.05, 3.63) is 46.7 Å². The third-order valence-electron chi connectivity index (χ3n) is 2.96. The molecule has 0 bridgehead atoms. The third kappa shape index (κ3) is 4.32. The number of rotatable bonds is 5. The molecule has 1 amide bonds. The largest absolute Gasteiger partial charge is 0.451 e. The zero-order valence-electron chi connectivity index (χ0n) is 13.2. The van der Waals surface area contributed by atoms with Crippen LogP contribution in [0.2, 0.25) is 5.02 Å². The van der Waals surface area contributed by atoms with Crippen molar-refractivity contribution in [2.45, 2.75) is 26.8 Å². The van der Waals surface area contributed by atoms with Crippen LogP contribution in [-0.4, -0.2) is 34.3 Å². The molecule has 2 rings (SSSR count). The van der Waals surface area contributed by atoms with Crippen LogP contribution < -0.4 is 5.32 Å². The van der Waals surface area contributed by atoms with Crippen molar-refractivity contribution < 1.29 is 14.3 Å². The number of halogens is 1. The van der Waals surface area contributed by atoms with Gasteiger partial charge in [0.15, 0.2) is 12.3 Å². The van der Waals surface area contributed by atoms with E-state index < -0.39 is 5.97 Å². The number of aromatic nitrogens is 2. The van der Waals surface area contributed by atoms with Crippen LogP contribution in [0.5, 0.6) is 0 Å². The van der Waals surface area contributed by atoms with Gasteiger partial charge >= 0.3 is 5.97 Å². The second-order valence-corrected chi connectivity index (χ2v) is 5.74. The summed E-state index contributed by atoms with van der Waals surface area (Å²) in [5.74, 6) is -1.01. The number of benzene rings is 1. The average Bonchev–Trinajstić information content (AvgIpc) is 2.86. The molecule has 0 aliphatic carbocycles. The smallest absolute Gasteiger partial charge is 0.359 e. The fraction of sp³-hybridized carbons (Fsp3) is 0.312. The Bertz CT molecular complexity index is 725. The standard InChI is InChI=1S/C16H18ClN3O3/c1-10(2)18-15(21)9-23-16(22)13-8-11(3)20(19-13)14-7-5-4-6-12(14)17/h4-8,10H,9H2,1-3H3,(H,18,21). The fourth-order valence-electron chi connectivity index (χ4n) is 2.01. The molecule has 0 unspecified atom stereocenters. The van der Waals surface area contributed by atoms with Gasteiger partial charge in [-0.25, -0.2) is 9.48 Å². The van der Waals surface area contributed by atoms with E-state index in [9.17, 15) is 9.59 Å². The molecule has 122 valence electrons. The van der Waals surface area contributed by atoms with E-state index in [-0.39, 0.29) is 24.2 Å². The molecule has 0 atom stereocenters. The van der Waals surface area contributed by atoms with Crippen molar-refractivity contribution in [3.8, 4) is 5.69 Å². The molecule has 1 aromatic heterocycles. The Morgan fingerprint density at radius 1 is 1.35 bits per heavy atom. The molecule has 1 N–H and O–H groups in total. The third-order valence-corrected chi connectivity index (χ3v) is 3.28. The number of ether oxygens (including phenoxy) is 1. The highest BCUT2D eigenvalue weighted by atomic mass is 35.5. The van der Waals surface area contributed by atoms with Crippen molar-refractivity contribution in [1.82, 2.24) is 15.1 Å². The van der Waals surface area contributed by atoms with Gasteiger partial charge < -0.3 is 10.1 Å². The Balaban J connectivity index is 2.10. The second kappa shape index (κ2) is 7.28. The molecule has 1 aromatic carbocycles. The summed E-state index contributed by atoms with van der Waals surface area (Å²) in [6.45, 7) is 5.12. The molecule has 0 saturated heterocycles. The summed E-state index contributed by atoms with van der Waals surface area (Å²) in [7, 11) is 0. The lowest BCUT2D eigenvalue weighted by molar-refractivity contribution is -0.124. The number of para-hydroxylation sites is 1. The van der Waals surface area contributed by atoms with Crippen LogP contribution in [0.4, 0.5) is 0 Å². The predicted molar refractivity (Wildman–Crippen MR) is 86.9 cm³/mol. The average molecular weight is 336 g/mol. The number of amides is 1. The lowest BCUT2D eigenvalue weighted by atomic mass is 10.3. The highest BCUT2D eigenvalue weighted by Gasteiger charge is 2.17. The number of hydrogen-bond acceptors (Lipinski definition) is 4. The predicted octanol–water partition coefficient (Wildman–Crippen LogP) is 2.52. The number of hydrogen-bond donors (Lipinski definition) is 1. The summed E-state index contributed by atoms with van der Waals surface area (Å²) < 4.78 is 6.53. The van der Waals surface area contributed by atoms with Crippen LogP contribution in [-0.2, 0) is 9.53 Å². The molecule has 6 nitrogen and oxygen atoms in total. The second-order valence-electron chi connectivity index (χ2n) is 5.33. The van der Waals surface area contributed by atoms with Gasteiger partial charge in [-0.2, -0.15) is 5.10 Å². The monoisotopic (exact) mass is 335 g/mol. The molecule has 1 heterocycles. The Labute approximate surface area is 139 Å². The summed E-state index contributed by atoms with van der Waals surface area (Å²) in [5, 5.41) is 7.37. The van der Waals surface area contributed by atoms with Gasteiger partial charge in [-0.05, 0) is 39.0 Å². The molecule has 0 radical (unpaired) electrons. The maximum absolute atomic E-state index is 12.0. The quantitative estimate of drug-likeness (QED) is 0.852. The van der Waals surface area contributed by atoms with E-state index in [2.05, 4.69) is 10.4 Å². The van der Waals surface area contributed by atoms with Crippen molar-refractivity contribution in [3.63, 3.8) is 0 Å². The normalized spacial score (nSPS) is 10.7. The van der Waals surface area contributed by atoms with E-state index >= 15 is 0 Å².